The molecule has 0 fully saturated rings. The maximum Gasteiger partial charge on any atom is 0.247 e. The molecule has 0 aliphatic heterocycles. The molecule has 0 radical (unpaired) electrons. The lowest BCUT2D eigenvalue weighted by atomic mass is 10.0. The van der Waals surface area contributed by atoms with Crippen molar-refractivity contribution in [2.75, 3.05) is 12.4 Å². The monoisotopic (exact) mass is 376 g/mol. The van der Waals surface area contributed by atoms with Crippen LogP contribution in [0, 0.1) is 0 Å². The van der Waals surface area contributed by atoms with E-state index in [4.69, 9.17) is 4.74 Å². The molecule has 0 unspecified atom stereocenters. The van der Waals surface area contributed by atoms with Crippen LogP contribution in [-0.2, 0) is 17.9 Å². The Morgan fingerprint density at radius 3 is 2.57 bits per heavy atom. The van der Waals surface area contributed by atoms with Crippen molar-refractivity contribution in [1.29, 1.82) is 0 Å². The minimum Gasteiger partial charge on any atom is -0.497 e. The number of ether oxygens (including phenoxy) is 1. The molecule has 28 heavy (non-hydrogen) atoms. The first-order valence-electron chi connectivity index (χ1n) is 8.96. The second kappa shape index (κ2) is 7.51. The molecule has 4 aromatic rings. The summed E-state index contributed by atoms with van der Waals surface area (Å²) in [5, 5.41) is 16.3. The van der Waals surface area contributed by atoms with Crippen LogP contribution >= 0.6 is 0 Å². The van der Waals surface area contributed by atoms with Crippen LogP contribution in [-0.4, -0.2) is 37.8 Å². The van der Waals surface area contributed by atoms with Gasteiger partial charge in [0.2, 0.25) is 5.91 Å². The maximum atomic E-state index is 12.3. The van der Waals surface area contributed by atoms with Crippen LogP contribution in [0.25, 0.3) is 22.0 Å². The number of benzene rings is 2. The fourth-order valence-electron chi connectivity index (χ4n) is 3.00. The highest BCUT2D eigenvalue weighted by Gasteiger charge is 2.11. The number of anilines is 1. The van der Waals surface area contributed by atoms with E-state index in [2.05, 4.69) is 26.7 Å². The number of methoxy groups -OCH3 is 1. The molecule has 0 atom stereocenters. The normalized spacial score (nSPS) is 10.9. The molecule has 0 saturated heterocycles. The van der Waals surface area contributed by atoms with Crippen molar-refractivity contribution < 1.29 is 9.53 Å². The smallest absolute Gasteiger partial charge is 0.247 e. The van der Waals surface area contributed by atoms with Gasteiger partial charge in [-0.25, -0.2) is 0 Å². The molecule has 0 aliphatic rings. The van der Waals surface area contributed by atoms with Crippen molar-refractivity contribution in [2.24, 2.45) is 0 Å². The Hall–Kier alpha value is -3.68. The van der Waals surface area contributed by atoms with Crippen LogP contribution in [0.15, 0.2) is 54.9 Å². The van der Waals surface area contributed by atoms with Gasteiger partial charge in [-0.3, -0.25) is 9.48 Å². The minimum absolute atomic E-state index is 0.102. The van der Waals surface area contributed by atoms with Gasteiger partial charge in [-0.15, -0.1) is 5.10 Å². The number of hydrogen-bond acceptors (Lipinski definition) is 5. The Morgan fingerprint density at radius 1 is 1.07 bits per heavy atom. The van der Waals surface area contributed by atoms with Crippen LogP contribution in [0.5, 0.6) is 5.75 Å². The second-order valence-electron chi connectivity index (χ2n) is 6.27. The van der Waals surface area contributed by atoms with Crippen LogP contribution < -0.4 is 10.1 Å². The van der Waals surface area contributed by atoms with Gasteiger partial charge in [-0.2, -0.15) is 15.0 Å². The number of nitrogens with one attached hydrogen (secondary N) is 1. The largest absolute Gasteiger partial charge is 0.497 e. The van der Waals surface area contributed by atoms with Crippen molar-refractivity contribution in [3.63, 3.8) is 0 Å². The average Bonchev–Trinajstić information content (AvgIpc) is 3.34. The van der Waals surface area contributed by atoms with Gasteiger partial charge in [0.15, 0.2) is 5.82 Å². The zero-order valence-electron chi connectivity index (χ0n) is 15.7. The lowest BCUT2D eigenvalue weighted by Gasteiger charge is -2.06. The van der Waals surface area contributed by atoms with E-state index in [0.29, 0.717) is 12.4 Å². The van der Waals surface area contributed by atoms with Gasteiger partial charge in [-0.1, -0.05) is 18.2 Å². The van der Waals surface area contributed by atoms with E-state index in [1.165, 1.54) is 11.0 Å². The van der Waals surface area contributed by atoms with Crippen molar-refractivity contribution >= 4 is 22.6 Å². The van der Waals surface area contributed by atoms with Crippen molar-refractivity contribution in [2.45, 2.75) is 20.0 Å². The number of aromatic nitrogens is 5. The summed E-state index contributed by atoms with van der Waals surface area (Å²) in [6.07, 6.45) is 3.30. The van der Waals surface area contributed by atoms with Crippen LogP contribution in [0.4, 0.5) is 5.82 Å². The van der Waals surface area contributed by atoms with Crippen molar-refractivity contribution in [3.8, 4) is 16.9 Å². The summed E-state index contributed by atoms with van der Waals surface area (Å²) in [6, 6.07) is 14.0. The molecule has 2 heterocycles. The third-order valence-corrected chi connectivity index (χ3v) is 4.45. The highest BCUT2D eigenvalue weighted by molar-refractivity contribution is 5.91. The predicted molar refractivity (Wildman–Crippen MR) is 106 cm³/mol. The standard InChI is InChI=1S/C20H20N6O2/c1-3-26-22-12-19(24-26)23-20(27)13-25-18-9-6-15(10-16(18)11-21-25)14-4-7-17(28-2)8-5-14/h4-12H,3,13H2,1-2H3,(H,23,24,27). The number of amides is 1. The van der Waals surface area contributed by atoms with E-state index >= 15 is 0 Å². The first-order valence-corrected chi connectivity index (χ1v) is 8.96. The summed E-state index contributed by atoms with van der Waals surface area (Å²) < 4.78 is 6.88. The zero-order valence-corrected chi connectivity index (χ0v) is 15.7. The molecule has 0 saturated carbocycles. The lowest BCUT2D eigenvalue weighted by molar-refractivity contribution is -0.116. The molecular weight excluding hydrogens is 356 g/mol. The Bertz CT molecular complexity index is 1110. The Labute approximate surface area is 161 Å². The Kier molecular flexibility index (Phi) is 4.76. The molecule has 0 bridgehead atoms. The number of carbonyl (C=O) groups is 1. The number of rotatable bonds is 6. The Morgan fingerprint density at radius 2 is 1.86 bits per heavy atom. The van der Waals surface area contributed by atoms with Crippen molar-refractivity contribution in [1.82, 2.24) is 24.8 Å². The van der Waals surface area contributed by atoms with E-state index in [9.17, 15) is 4.79 Å². The van der Waals surface area contributed by atoms with E-state index in [-0.39, 0.29) is 12.5 Å². The molecule has 1 amide bonds. The maximum absolute atomic E-state index is 12.3. The number of nitrogens with zero attached hydrogens (tertiary/aromatic N) is 5. The molecule has 4 rings (SSSR count). The van der Waals surface area contributed by atoms with E-state index in [1.54, 1.807) is 18.0 Å². The zero-order chi connectivity index (χ0) is 19.5. The second-order valence-corrected chi connectivity index (χ2v) is 6.27. The number of carbonyl (C=O) groups excluding carboxylic acids is 1. The minimum atomic E-state index is -0.201. The van der Waals surface area contributed by atoms with Crippen LogP contribution in [0.2, 0.25) is 0 Å². The highest BCUT2D eigenvalue weighted by Crippen LogP contribution is 2.26. The summed E-state index contributed by atoms with van der Waals surface area (Å²) in [4.78, 5) is 13.8. The molecule has 142 valence electrons. The van der Waals surface area contributed by atoms with E-state index in [0.717, 1.165) is 27.8 Å². The first-order chi connectivity index (χ1) is 13.7. The molecule has 8 heteroatoms. The van der Waals surface area contributed by atoms with Crippen LogP contribution in [0.1, 0.15) is 6.92 Å². The predicted octanol–water partition coefficient (Wildman–Crippen LogP) is 2.96. The van der Waals surface area contributed by atoms with Crippen molar-refractivity contribution in [3.05, 3.63) is 54.9 Å². The summed E-state index contributed by atoms with van der Waals surface area (Å²) in [5.41, 5.74) is 3.06. The molecule has 0 aliphatic carbocycles. The molecule has 8 nitrogen and oxygen atoms in total. The van der Waals surface area contributed by atoms with Gasteiger partial charge < -0.3 is 10.1 Å². The lowest BCUT2D eigenvalue weighted by Crippen LogP contribution is -2.19. The fraction of sp³-hybridized carbons (Fsp3) is 0.200. The Balaban J connectivity index is 1.51. The summed E-state index contributed by atoms with van der Waals surface area (Å²) in [5.74, 6) is 1.06. The van der Waals surface area contributed by atoms with E-state index in [1.807, 2.05) is 43.3 Å². The molecule has 2 aromatic carbocycles. The summed E-state index contributed by atoms with van der Waals surface area (Å²) in [7, 11) is 1.65. The number of hydrogen-bond donors (Lipinski definition) is 1. The van der Waals surface area contributed by atoms with Gasteiger partial charge in [0.1, 0.15) is 12.3 Å². The summed E-state index contributed by atoms with van der Waals surface area (Å²) in [6.45, 7) is 2.68. The van der Waals surface area contributed by atoms with Gasteiger partial charge in [0.25, 0.3) is 0 Å². The van der Waals surface area contributed by atoms with Gasteiger partial charge in [0, 0.05) is 5.39 Å². The van der Waals surface area contributed by atoms with Crippen LogP contribution in [0.3, 0.4) is 0 Å². The molecule has 2 aromatic heterocycles. The first kappa shape index (κ1) is 17.7. The number of aryl methyl sites for hydroxylation is 1. The number of fused-ring (bicyclic) bond motifs is 1. The SMILES string of the molecule is CCn1ncc(NC(=O)Cn2ncc3cc(-c4ccc(OC)cc4)ccc32)n1. The fourth-order valence-corrected chi connectivity index (χ4v) is 3.00. The van der Waals surface area contributed by atoms with Gasteiger partial charge >= 0.3 is 0 Å². The third-order valence-electron chi connectivity index (χ3n) is 4.45. The van der Waals surface area contributed by atoms with Gasteiger partial charge in [-0.05, 0) is 42.3 Å². The quantitative estimate of drug-likeness (QED) is 0.559. The molecular formula is C20H20N6O2. The van der Waals surface area contributed by atoms with Gasteiger partial charge in [0.05, 0.1) is 31.6 Å². The van der Waals surface area contributed by atoms with E-state index < -0.39 is 0 Å². The molecule has 1 N–H and O–H groups in total. The topological polar surface area (TPSA) is 86.9 Å². The highest BCUT2D eigenvalue weighted by atomic mass is 16.5. The third kappa shape index (κ3) is 3.57. The molecule has 0 spiro atoms. The average molecular weight is 376 g/mol. The summed E-state index contributed by atoms with van der Waals surface area (Å²) >= 11 is 0.